The minimum atomic E-state index is -4.69. The Morgan fingerprint density at radius 1 is 0.855 bits per heavy atom. The smallest absolute Gasteiger partial charge is 0.462 e. The fraction of sp³-hybridized carbons (Fsp3) is 0.829. The zero-order valence-corrected chi connectivity index (χ0v) is 34.7. The van der Waals surface area contributed by atoms with Crippen molar-refractivity contribution in [2.75, 3.05) is 26.4 Å². The number of allylic oxidation sites excluding steroid dienone is 2. The fourth-order valence-corrected chi connectivity index (χ4v) is 7.09. The Hall–Kier alpha value is -1.96. The molecule has 0 aromatic carbocycles. The van der Waals surface area contributed by atoms with Crippen LogP contribution in [-0.4, -0.2) is 93.9 Å². The number of phosphoric ester groups is 1. The monoisotopic (exact) mass is 804 g/mol. The van der Waals surface area contributed by atoms with Crippen molar-refractivity contribution in [3.63, 3.8) is 0 Å². The van der Waals surface area contributed by atoms with Gasteiger partial charge in [-0.2, -0.15) is 0 Å². The summed E-state index contributed by atoms with van der Waals surface area (Å²) in [6.07, 6.45) is 19.5. The second-order valence-corrected chi connectivity index (χ2v) is 16.5. The van der Waals surface area contributed by atoms with Gasteiger partial charge in [0.1, 0.15) is 18.5 Å². The Morgan fingerprint density at radius 2 is 1.49 bits per heavy atom. The van der Waals surface area contributed by atoms with Crippen molar-refractivity contribution in [2.24, 2.45) is 17.8 Å². The summed E-state index contributed by atoms with van der Waals surface area (Å²) in [5.74, 6) is -1.12. The van der Waals surface area contributed by atoms with Crippen LogP contribution in [0.2, 0.25) is 0 Å². The van der Waals surface area contributed by atoms with Crippen molar-refractivity contribution in [2.45, 2.75) is 174 Å². The summed E-state index contributed by atoms with van der Waals surface area (Å²) < 4.78 is 32.6. The van der Waals surface area contributed by atoms with Crippen molar-refractivity contribution in [3.05, 3.63) is 24.3 Å². The van der Waals surface area contributed by atoms with Crippen molar-refractivity contribution in [1.29, 1.82) is 0 Å². The molecule has 2 unspecified atom stereocenters. The highest BCUT2D eigenvalue weighted by Gasteiger charge is 2.39. The molecule has 0 aromatic rings. The number of ketones is 1. The molecular weight excluding hydrogens is 731 g/mol. The van der Waals surface area contributed by atoms with Crippen LogP contribution in [0.4, 0.5) is 0 Å². The van der Waals surface area contributed by atoms with E-state index >= 15 is 0 Å². The number of aliphatic hydroxyl groups excluding tert-OH is 4. The molecule has 1 saturated carbocycles. The molecular formula is C41H73O13P. The van der Waals surface area contributed by atoms with E-state index in [-0.39, 0.29) is 31.0 Å². The van der Waals surface area contributed by atoms with E-state index in [1.54, 1.807) is 12.2 Å². The minimum Gasteiger partial charge on any atom is -0.462 e. The van der Waals surface area contributed by atoms with Gasteiger partial charge in [-0.05, 0) is 38.0 Å². The number of hydrogen-bond acceptors (Lipinski definition) is 12. The molecule has 5 N–H and O–H groups in total. The molecule has 8 atom stereocenters. The predicted octanol–water partition coefficient (Wildman–Crippen LogP) is 7.06. The molecule has 0 spiro atoms. The Bertz CT molecular complexity index is 1150. The van der Waals surface area contributed by atoms with Crippen LogP contribution in [0.5, 0.6) is 0 Å². The van der Waals surface area contributed by atoms with Crippen LogP contribution in [0.25, 0.3) is 0 Å². The summed E-state index contributed by atoms with van der Waals surface area (Å²) in [5, 5.41) is 39.0. The van der Waals surface area contributed by atoms with Gasteiger partial charge >= 0.3 is 19.8 Å². The van der Waals surface area contributed by atoms with Crippen LogP contribution in [0.3, 0.4) is 0 Å². The Morgan fingerprint density at radius 3 is 2.16 bits per heavy atom. The number of carbonyl (C=O) groups is 3. The number of Topliss-reactive ketones (excluding diaryl/α,β-unsaturated/α-hetero) is 1. The van der Waals surface area contributed by atoms with Crippen LogP contribution >= 0.6 is 7.82 Å². The maximum absolute atomic E-state index is 12.7. The molecule has 0 aromatic heterocycles. The van der Waals surface area contributed by atoms with Crippen LogP contribution in [-0.2, 0) is 37.5 Å². The number of rotatable bonds is 34. The van der Waals surface area contributed by atoms with E-state index in [0.29, 0.717) is 32.1 Å². The average Bonchev–Trinajstić information content (AvgIpc) is 3.43. The molecule has 1 rings (SSSR count). The average molecular weight is 805 g/mol. The third kappa shape index (κ3) is 25.8. The van der Waals surface area contributed by atoms with Gasteiger partial charge in [-0.15, -0.1) is 0 Å². The molecule has 0 amide bonds. The molecule has 0 aliphatic heterocycles. The highest BCUT2D eigenvalue weighted by Crippen LogP contribution is 2.43. The van der Waals surface area contributed by atoms with Crippen molar-refractivity contribution in [3.8, 4) is 0 Å². The summed E-state index contributed by atoms with van der Waals surface area (Å²) >= 11 is 0. The maximum atomic E-state index is 12.7. The third-order valence-electron chi connectivity index (χ3n) is 10.0. The number of phosphoric acid groups is 1. The molecule has 55 heavy (non-hydrogen) atoms. The molecule has 1 aliphatic rings. The molecule has 14 heteroatoms. The lowest BCUT2D eigenvalue weighted by molar-refractivity contribution is -0.161. The van der Waals surface area contributed by atoms with Gasteiger partial charge in [0.15, 0.2) is 6.10 Å². The first-order valence-corrected chi connectivity index (χ1v) is 22.3. The van der Waals surface area contributed by atoms with E-state index in [9.17, 15) is 39.2 Å². The molecule has 0 bridgehead atoms. The van der Waals surface area contributed by atoms with Crippen molar-refractivity contribution < 1.29 is 62.8 Å². The summed E-state index contributed by atoms with van der Waals surface area (Å²) in [5.41, 5.74) is 0. The largest absolute Gasteiger partial charge is 0.472 e. The minimum absolute atomic E-state index is 0.00895. The zero-order valence-electron chi connectivity index (χ0n) is 33.8. The third-order valence-corrected chi connectivity index (χ3v) is 11.0. The number of unbranched alkanes of at least 4 members (excludes halogenated alkanes) is 10. The van der Waals surface area contributed by atoms with Crippen LogP contribution in [0.15, 0.2) is 24.3 Å². The predicted molar refractivity (Wildman–Crippen MR) is 211 cm³/mol. The van der Waals surface area contributed by atoms with Gasteiger partial charge in [0.05, 0.1) is 32.0 Å². The standard InChI is InChI=1S/C41H73O13P/c1-4-6-15-21-33(43)25-26-37-36(38(45)27-39(37)46)22-17-13-14-19-24-41(48)54-35(31-53-55(49,50)52-29-34(44)28-42)30-51-40(47)23-18-12-10-8-7-9-11-16-20-32(3)5-2/h13,17,25-26,32-37,39,42-44,46H,4-12,14-16,18-24,27-31H2,1-3H3,(H,49,50)/b17-13-,26-25+/t32?,33-,34-,35+,36+,37+,39+/m0/s1. The fourth-order valence-electron chi connectivity index (χ4n) is 6.30. The van der Waals surface area contributed by atoms with Crippen molar-refractivity contribution in [1.82, 2.24) is 0 Å². The van der Waals surface area contributed by atoms with E-state index in [2.05, 4.69) is 25.3 Å². The Balaban J connectivity index is 2.53. The zero-order chi connectivity index (χ0) is 40.9. The summed E-state index contributed by atoms with van der Waals surface area (Å²) in [6, 6.07) is 0. The first-order chi connectivity index (χ1) is 26.3. The Kier molecular flexibility index (Phi) is 28.9. The van der Waals surface area contributed by atoms with Crippen LogP contribution in [0, 0.1) is 17.8 Å². The van der Waals surface area contributed by atoms with Gasteiger partial charge in [0.25, 0.3) is 0 Å². The van der Waals surface area contributed by atoms with Gasteiger partial charge in [0, 0.05) is 31.1 Å². The Labute approximate surface area is 329 Å². The molecule has 1 aliphatic carbocycles. The SMILES string of the molecule is CCCCC[C@H](O)/C=C/[C@H]1[C@H](O)CC(=O)[C@@H]1C/C=C\CCCC(=O)O[C@H](COC(=O)CCCCCCCCCCC(C)CC)COP(=O)(O)OC[C@@H](O)CO. The van der Waals surface area contributed by atoms with Crippen LogP contribution < -0.4 is 0 Å². The van der Waals surface area contributed by atoms with E-state index in [1.165, 1.54) is 38.5 Å². The van der Waals surface area contributed by atoms with E-state index < -0.39 is 76.5 Å². The first-order valence-electron chi connectivity index (χ1n) is 20.8. The molecule has 0 radical (unpaired) electrons. The van der Waals surface area contributed by atoms with Gasteiger partial charge in [0.2, 0.25) is 0 Å². The topological polar surface area (TPSA) is 206 Å². The summed E-state index contributed by atoms with van der Waals surface area (Å²) in [4.78, 5) is 47.6. The lowest BCUT2D eigenvalue weighted by Crippen LogP contribution is -2.29. The maximum Gasteiger partial charge on any atom is 0.472 e. The van der Waals surface area contributed by atoms with Gasteiger partial charge < -0.3 is 34.8 Å². The van der Waals surface area contributed by atoms with E-state index in [1.807, 2.05) is 12.2 Å². The lowest BCUT2D eigenvalue weighted by atomic mass is 9.90. The molecule has 1 fully saturated rings. The van der Waals surface area contributed by atoms with E-state index in [4.69, 9.17) is 19.1 Å². The quantitative estimate of drug-likeness (QED) is 0.0192. The van der Waals surface area contributed by atoms with Crippen LogP contribution in [0.1, 0.15) is 149 Å². The molecule has 320 valence electrons. The van der Waals surface area contributed by atoms with Gasteiger partial charge in [-0.25, -0.2) is 4.57 Å². The van der Waals surface area contributed by atoms with E-state index in [0.717, 1.165) is 44.4 Å². The first kappa shape index (κ1) is 51.1. The normalized spacial score (nSPS) is 20.8. The lowest BCUT2D eigenvalue weighted by Gasteiger charge is -2.20. The number of ether oxygens (including phenoxy) is 2. The summed E-state index contributed by atoms with van der Waals surface area (Å²) in [6.45, 7) is 4.25. The number of aliphatic hydroxyl groups is 4. The second-order valence-electron chi connectivity index (χ2n) is 15.0. The highest BCUT2D eigenvalue weighted by atomic mass is 31.2. The summed E-state index contributed by atoms with van der Waals surface area (Å²) in [7, 11) is -4.69. The molecule has 0 heterocycles. The van der Waals surface area contributed by atoms with Crippen molar-refractivity contribution >= 4 is 25.5 Å². The molecule has 0 saturated heterocycles. The van der Waals surface area contributed by atoms with Gasteiger partial charge in [-0.3, -0.25) is 23.4 Å². The van der Waals surface area contributed by atoms with Gasteiger partial charge in [-0.1, -0.05) is 122 Å². The molecule has 13 nitrogen and oxygen atoms in total. The highest BCUT2D eigenvalue weighted by molar-refractivity contribution is 7.47. The second kappa shape index (κ2) is 31.1. The number of carbonyl (C=O) groups excluding carboxylic acids is 3. The number of hydrogen-bond donors (Lipinski definition) is 5. The number of esters is 2.